The SMILES string of the molecule is CNS(=O)(=O)CCNC(=O)NC(CC(N)=O)C(=O)O. The van der Waals surface area contributed by atoms with Crippen molar-refractivity contribution in [2.75, 3.05) is 19.3 Å². The molecule has 1 unspecified atom stereocenters. The maximum atomic E-state index is 11.3. The number of carboxylic acid groups (broad SMARTS) is 1. The second-order valence-corrected chi connectivity index (χ2v) is 5.53. The average Bonchev–Trinajstić information content (AvgIpc) is 2.27. The van der Waals surface area contributed by atoms with Crippen LogP contribution in [0.1, 0.15) is 6.42 Å². The van der Waals surface area contributed by atoms with Crippen LogP contribution in [-0.2, 0) is 19.6 Å². The lowest BCUT2D eigenvalue weighted by Crippen LogP contribution is -2.48. The third-order valence-electron chi connectivity index (χ3n) is 1.98. The quantitative estimate of drug-likeness (QED) is 0.323. The van der Waals surface area contributed by atoms with Crippen LogP contribution in [0.2, 0.25) is 0 Å². The number of nitrogens with one attached hydrogen (secondary N) is 3. The number of nitrogens with two attached hydrogens (primary N) is 1. The van der Waals surface area contributed by atoms with Crippen molar-refractivity contribution in [2.45, 2.75) is 12.5 Å². The number of primary amides is 1. The van der Waals surface area contributed by atoms with Crippen LogP contribution in [0.25, 0.3) is 0 Å². The zero-order valence-corrected chi connectivity index (χ0v) is 11.0. The Kier molecular flexibility index (Phi) is 6.79. The summed E-state index contributed by atoms with van der Waals surface area (Å²) in [6.45, 7) is -0.210. The van der Waals surface area contributed by atoms with Gasteiger partial charge in [-0.3, -0.25) is 4.79 Å². The molecule has 110 valence electrons. The van der Waals surface area contributed by atoms with Gasteiger partial charge in [-0.2, -0.15) is 0 Å². The zero-order valence-electron chi connectivity index (χ0n) is 10.2. The minimum atomic E-state index is -3.46. The molecule has 1 atom stereocenters. The monoisotopic (exact) mass is 296 g/mol. The van der Waals surface area contributed by atoms with Gasteiger partial charge in [0, 0.05) is 6.54 Å². The van der Waals surface area contributed by atoms with Crippen molar-refractivity contribution in [3.8, 4) is 0 Å². The van der Waals surface area contributed by atoms with Gasteiger partial charge in [0.05, 0.1) is 12.2 Å². The number of carboxylic acids is 1. The summed E-state index contributed by atoms with van der Waals surface area (Å²) in [6.07, 6.45) is -0.558. The smallest absolute Gasteiger partial charge is 0.326 e. The van der Waals surface area contributed by atoms with Crippen molar-refractivity contribution in [3.05, 3.63) is 0 Å². The van der Waals surface area contributed by atoms with Crippen LogP contribution in [0.5, 0.6) is 0 Å². The van der Waals surface area contributed by atoms with E-state index in [1.807, 2.05) is 10.0 Å². The topological polar surface area (TPSA) is 168 Å². The van der Waals surface area contributed by atoms with E-state index in [-0.39, 0.29) is 12.3 Å². The van der Waals surface area contributed by atoms with Crippen LogP contribution in [0.15, 0.2) is 0 Å². The lowest BCUT2D eigenvalue weighted by Gasteiger charge is -2.13. The molecule has 6 N–H and O–H groups in total. The molecule has 0 spiro atoms. The van der Waals surface area contributed by atoms with Crippen molar-refractivity contribution >= 4 is 27.9 Å². The van der Waals surface area contributed by atoms with Crippen molar-refractivity contribution in [2.24, 2.45) is 5.73 Å². The third-order valence-corrected chi connectivity index (χ3v) is 3.34. The molecule has 0 aliphatic rings. The predicted molar refractivity (Wildman–Crippen MR) is 64.6 cm³/mol. The Morgan fingerprint density at radius 1 is 1.32 bits per heavy atom. The lowest BCUT2D eigenvalue weighted by atomic mass is 10.2. The number of carbonyl (C=O) groups is 3. The van der Waals surface area contributed by atoms with Crippen molar-refractivity contribution in [3.63, 3.8) is 0 Å². The zero-order chi connectivity index (χ0) is 15.1. The van der Waals surface area contributed by atoms with Gasteiger partial charge in [-0.1, -0.05) is 0 Å². The van der Waals surface area contributed by atoms with E-state index in [2.05, 4.69) is 5.32 Å². The average molecular weight is 296 g/mol. The standard InChI is InChI=1S/C8H16N4O6S/c1-10-19(17,18)3-2-11-8(16)12-5(7(14)15)4-6(9)13/h5,10H,2-4H2,1H3,(H2,9,13)(H,14,15)(H2,11,12,16). The number of aliphatic carboxylic acids is 1. The second kappa shape index (κ2) is 7.53. The van der Waals surface area contributed by atoms with Crippen molar-refractivity contribution in [1.82, 2.24) is 15.4 Å². The van der Waals surface area contributed by atoms with E-state index < -0.39 is 40.4 Å². The minimum Gasteiger partial charge on any atom is -0.480 e. The number of rotatable bonds is 8. The molecule has 0 fully saturated rings. The van der Waals surface area contributed by atoms with Crippen LogP contribution in [0.3, 0.4) is 0 Å². The highest BCUT2D eigenvalue weighted by molar-refractivity contribution is 7.89. The first-order chi connectivity index (χ1) is 8.68. The van der Waals surface area contributed by atoms with Crippen LogP contribution in [0.4, 0.5) is 4.79 Å². The van der Waals surface area contributed by atoms with Gasteiger partial charge < -0.3 is 21.5 Å². The molecule has 11 heteroatoms. The van der Waals surface area contributed by atoms with Crippen molar-refractivity contribution in [1.29, 1.82) is 0 Å². The Balaban J connectivity index is 4.21. The maximum absolute atomic E-state index is 11.3. The summed E-state index contributed by atoms with van der Waals surface area (Å²) in [5, 5.41) is 12.8. The van der Waals surface area contributed by atoms with Gasteiger partial charge in [0.1, 0.15) is 6.04 Å². The summed E-state index contributed by atoms with van der Waals surface area (Å²) in [5.41, 5.74) is 4.82. The molecule has 0 radical (unpaired) electrons. The highest BCUT2D eigenvalue weighted by Gasteiger charge is 2.22. The van der Waals surface area contributed by atoms with Gasteiger partial charge in [0.25, 0.3) is 0 Å². The normalized spacial score (nSPS) is 12.5. The molecule has 10 nitrogen and oxygen atoms in total. The maximum Gasteiger partial charge on any atom is 0.326 e. The van der Waals surface area contributed by atoms with Crippen LogP contribution < -0.4 is 21.1 Å². The summed E-state index contributed by atoms with van der Waals surface area (Å²) < 4.78 is 24.1. The Bertz CT molecular complexity index is 448. The van der Waals surface area contributed by atoms with Crippen molar-refractivity contribution < 1.29 is 27.9 Å². The van der Waals surface area contributed by atoms with Gasteiger partial charge in [-0.05, 0) is 7.05 Å². The second-order valence-electron chi connectivity index (χ2n) is 3.48. The van der Waals surface area contributed by atoms with E-state index in [1.54, 1.807) is 0 Å². The molecule has 3 amide bonds. The first-order valence-electron chi connectivity index (χ1n) is 5.14. The molecule has 0 aromatic carbocycles. The Morgan fingerprint density at radius 3 is 2.32 bits per heavy atom. The molecule has 0 saturated heterocycles. The fourth-order valence-electron chi connectivity index (χ4n) is 1.01. The highest BCUT2D eigenvalue weighted by atomic mass is 32.2. The number of carbonyl (C=O) groups excluding carboxylic acids is 2. The lowest BCUT2D eigenvalue weighted by molar-refractivity contribution is -0.140. The van der Waals surface area contributed by atoms with E-state index in [9.17, 15) is 22.8 Å². The molecular weight excluding hydrogens is 280 g/mol. The fraction of sp³-hybridized carbons (Fsp3) is 0.625. The van der Waals surface area contributed by atoms with Crippen LogP contribution in [-0.4, -0.2) is 56.8 Å². The van der Waals surface area contributed by atoms with E-state index in [4.69, 9.17) is 10.8 Å². The molecule has 0 rings (SSSR count). The Hall–Kier alpha value is -1.88. The molecule has 0 aromatic heterocycles. The van der Waals surface area contributed by atoms with E-state index >= 15 is 0 Å². The molecule has 0 aliphatic carbocycles. The summed E-state index contributed by atoms with van der Waals surface area (Å²) in [5.74, 6) is -2.66. The minimum absolute atomic E-state index is 0.210. The van der Waals surface area contributed by atoms with Crippen LogP contribution in [0, 0.1) is 0 Å². The predicted octanol–water partition coefficient (Wildman–Crippen LogP) is -2.84. The van der Waals surface area contributed by atoms with Crippen LogP contribution >= 0.6 is 0 Å². The third kappa shape index (κ3) is 7.94. The number of hydrogen-bond donors (Lipinski definition) is 5. The summed E-state index contributed by atoms with van der Waals surface area (Å²) >= 11 is 0. The van der Waals surface area contributed by atoms with E-state index in [0.717, 1.165) is 0 Å². The molecule has 0 bridgehead atoms. The molecule has 0 saturated carbocycles. The molecular formula is C8H16N4O6S. The van der Waals surface area contributed by atoms with Gasteiger partial charge in [-0.15, -0.1) is 0 Å². The van der Waals surface area contributed by atoms with Gasteiger partial charge in [0.15, 0.2) is 0 Å². The van der Waals surface area contributed by atoms with Gasteiger partial charge in [0.2, 0.25) is 15.9 Å². The number of amides is 3. The highest BCUT2D eigenvalue weighted by Crippen LogP contribution is 1.91. The molecule has 0 aliphatic heterocycles. The molecule has 0 aromatic rings. The summed E-state index contributed by atoms with van der Waals surface area (Å²) in [6, 6.07) is -2.36. The fourth-order valence-corrected chi connectivity index (χ4v) is 1.59. The first kappa shape index (κ1) is 17.1. The Morgan fingerprint density at radius 2 is 1.89 bits per heavy atom. The van der Waals surface area contributed by atoms with E-state index in [1.165, 1.54) is 7.05 Å². The van der Waals surface area contributed by atoms with Gasteiger partial charge in [-0.25, -0.2) is 22.7 Å². The Labute approximate surface area is 109 Å². The molecule has 19 heavy (non-hydrogen) atoms. The summed E-state index contributed by atoms with van der Waals surface area (Å²) in [4.78, 5) is 32.5. The number of urea groups is 1. The van der Waals surface area contributed by atoms with E-state index in [0.29, 0.717) is 0 Å². The molecule has 0 heterocycles. The summed E-state index contributed by atoms with van der Waals surface area (Å²) in [7, 11) is -2.24. The largest absolute Gasteiger partial charge is 0.480 e. The first-order valence-corrected chi connectivity index (χ1v) is 6.80. The number of hydrogen-bond acceptors (Lipinski definition) is 5. The van der Waals surface area contributed by atoms with Gasteiger partial charge >= 0.3 is 12.0 Å². The number of sulfonamides is 1.